The zero-order chi connectivity index (χ0) is 25.7. The maximum absolute atomic E-state index is 5.65. The van der Waals surface area contributed by atoms with Gasteiger partial charge in [-0.25, -0.2) is 9.88 Å². The van der Waals surface area contributed by atoms with E-state index >= 15 is 0 Å². The summed E-state index contributed by atoms with van der Waals surface area (Å²) in [5, 5.41) is 0. The first-order chi connectivity index (χ1) is 18.8. The predicted molar refractivity (Wildman–Crippen MR) is 155 cm³/mol. The molecule has 4 nitrogen and oxygen atoms in total. The first-order valence-electron chi connectivity index (χ1n) is 12.3. The van der Waals surface area contributed by atoms with Crippen molar-refractivity contribution >= 4 is 30.0 Å². The third kappa shape index (κ3) is 5.80. The summed E-state index contributed by atoms with van der Waals surface area (Å²) in [6, 6.07) is 45.4. The zero-order valence-electron chi connectivity index (χ0n) is 20.7. The summed E-state index contributed by atoms with van der Waals surface area (Å²) in [5.74, 6) is 1.51. The SMILES string of the molecule is [Pt+2].[S-]c1ccccc1-c1[c-]c(-c2cccc(N(c3ccccc3)c3ccccn3)n2)nc(-c2ccccc2)c1. The van der Waals surface area contributed by atoms with Crippen LogP contribution in [0.2, 0.25) is 0 Å². The van der Waals surface area contributed by atoms with Gasteiger partial charge in [-0.2, -0.15) is 0 Å². The van der Waals surface area contributed by atoms with Crippen molar-refractivity contribution in [1.29, 1.82) is 0 Å². The second-order valence-corrected chi connectivity index (χ2v) is 9.07. The predicted octanol–water partition coefficient (Wildman–Crippen LogP) is 8.05. The summed E-state index contributed by atoms with van der Waals surface area (Å²) >= 11 is 5.65. The molecule has 6 rings (SSSR count). The van der Waals surface area contributed by atoms with E-state index in [1.54, 1.807) is 6.20 Å². The maximum atomic E-state index is 5.65. The number of nitrogens with zero attached hydrogens (tertiary/aromatic N) is 4. The van der Waals surface area contributed by atoms with Gasteiger partial charge in [0.2, 0.25) is 0 Å². The number of benzene rings is 3. The van der Waals surface area contributed by atoms with Crippen molar-refractivity contribution < 1.29 is 21.1 Å². The third-order valence-electron chi connectivity index (χ3n) is 6.11. The Morgan fingerprint density at radius 1 is 0.615 bits per heavy atom. The minimum atomic E-state index is 0. The van der Waals surface area contributed by atoms with Crippen LogP contribution in [0.3, 0.4) is 0 Å². The molecule has 0 saturated carbocycles. The van der Waals surface area contributed by atoms with Gasteiger partial charge >= 0.3 is 21.1 Å². The minimum Gasteiger partial charge on any atom is -0.789 e. The van der Waals surface area contributed by atoms with Crippen molar-refractivity contribution in [3.63, 3.8) is 0 Å². The molecule has 0 spiro atoms. The van der Waals surface area contributed by atoms with E-state index in [9.17, 15) is 0 Å². The molecule has 6 heteroatoms. The summed E-state index contributed by atoms with van der Waals surface area (Å²) < 4.78 is 0. The number of aromatic nitrogens is 3. The van der Waals surface area contributed by atoms with E-state index in [0.29, 0.717) is 11.4 Å². The molecule has 39 heavy (non-hydrogen) atoms. The number of anilines is 3. The van der Waals surface area contributed by atoms with E-state index in [2.05, 4.69) is 23.2 Å². The van der Waals surface area contributed by atoms with Crippen molar-refractivity contribution in [1.82, 2.24) is 15.0 Å². The van der Waals surface area contributed by atoms with Crippen LogP contribution < -0.4 is 4.90 Å². The molecule has 0 N–H and O–H groups in total. The molecule has 0 fully saturated rings. The molecule has 6 aromatic rings. The molecule has 0 unspecified atom stereocenters. The largest absolute Gasteiger partial charge is 2.00 e. The molecule has 0 atom stereocenters. The molecule has 190 valence electrons. The van der Waals surface area contributed by atoms with Crippen LogP contribution in [0.5, 0.6) is 0 Å². The molecule has 0 saturated heterocycles. The van der Waals surface area contributed by atoms with Crippen molar-refractivity contribution in [3.8, 4) is 33.8 Å². The van der Waals surface area contributed by atoms with Crippen LogP contribution in [0.1, 0.15) is 0 Å². The summed E-state index contributed by atoms with van der Waals surface area (Å²) in [4.78, 5) is 17.4. The molecule has 0 radical (unpaired) electrons. The van der Waals surface area contributed by atoms with Gasteiger partial charge in [-0.15, -0.1) is 23.3 Å². The number of pyridine rings is 3. The molecule has 3 aromatic heterocycles. The average Bonchev–Trinajstić information content (AvgIpc) is 2.99. The average molecular weight is 702 g/mol. The van der Waals surface area contributed by atoms with Gasteiger partial charge < -0.3 is 12.6 Å². The van der Waals surface area contributed by atoms with Gasteiger partial charge in [0.05, 0.1) is 0 Å². The summed E-state index contributed by atoms with van der Waals surface area (Å²) in [5.41, 5.74) is 6.00. The molecule has 0 aliphatic rings. The van der Waals surface area contributed by atoms with E-state index in [1.807, 2.05) is 120 Å². The van der Waals surface area contributed by atoms with Crippen molar-refractivity contribution in [2.24, 2.45) is 0 Å². The Labute approximate surface area is 248 Å². The Morgan fingerprint density at radius 3 is 2.05 bits per heavy atom. The number of rotatable bonds is 6. The fraction of sp³-hybridized carbons (Fsp3) is 0. The molecule has 0 aliphatic heterocycles. The fourth-order valence-electron chi connectivity index (χ4n) is 4.32. The van der Waals surface area contributed by atoms with Crippen LogP contribution in [-0.2, 0) is 33.7 Å². The molecular formula is C33H22N4PtS. The molecule has 0 amide bonds. The van der Waals surface area contributed by atoms with Gasteiger partial charge in [0.25, 0.3) is 0 Å². The Hall–Kier alpha value is -4.18. The van der Waals surface area contributed by atoms with Crippen molar-refractivity contribution in [2.75, 3.05) is 4.90 Å². The minimum absolute atomic E-state index is 0. The van der Waals surface area contributed by atoms with Crippen LogP contribution in [0.25, 0.3) is 33.8 Å². The third-order valence-corrected chi connectivity index (χ3v) is 6.47. The Bertz CT molecular complexity index is 1640. The molecule has 3 aromatic carbocycles. The van der Waals surface area contributed by atoms with Gasteiger partial charge in [-0.05, 0) is 35.9 Å². The summed E-state index contributed by atoms with van der Waals surface area (Å²) in [6.07, 6.45) is 1.78. The topological polar surface area (TPSA) is 41.9 Å². The number of para-hydroxylation sites is 1. The Kier molecular flexibility index (Phi) is 8.21. The Morgan fingerprint density at radius 2 is 1.31 bits per heavy atom. The first kappa shape index (κ1) is 26.4. The van der Waals surface area contributed by atoms with Crippen LogP contribution in [0.4, 0.5) is 17.3 Å². The van der Waals surface area contributed by atoms with Crippen LogP contribution in [0, 0.1) is 6.07 Å². The molecule has 0 aliphatic carbocycles. The van der Waals surface area contributed by atoms with E-state index in [4.69, 9.17) is 22.6 Å². The zero-order valence-corrected chi connectivity index (χ0v) is 23.8. The van der Waals surface area contributed by atoms with Gasteiger partial charge in [0.15, 0.2) is 0 Å². The monoisotopic (exact) mass is 701 g/mol. The van der Waals surface area contributed by atoms with E-state index < -0.39 is 0 Å². The van der Waals surface area contributed by atoms with Gasteiger partial charge in [0.1, 0.15) is 11.6 Å². The van der Waals surface area contributed by atoms with Crippen LogP contribution >= 0.6 is 0 Å². The molecule has 3 heterocycles. The fourth-order valence-corrected chi connectivity index (χ4v) is 4.57. The van der Waals surface area contributed by atoms with Gasteiger partial charge in [-0.3, -0.25) is 14.9 Å². The number of hydrogen-bond donors (Lipinski definition) is 0. The van der Waals surface area contributed by atoms with Gasteiger partial charge in [0, 0.05) is 29.0 Å². The van der Waals surface area contributed by atoms with Crippen molar-refractivity contribution in [3.05, 3.63) is 140 Å². The maximum Gasteiger partial charge on any atom is 2.00 e. The van der Waals surface area contributed by atoms with E-state index in [1.165, 1.54) is 0 Å². The smallest absolute Gasteiger partial charge is 0.789 e. The summed E-state index contributed by atoms with van der Waals surface area (Å²) in [7, 11) is 0. The standard InChI is InChI=1S/C33H23N4S.Pt/c38-31-18-8-7-16-27(31)25-22-29(24-12-3-1-4-13-24)35-30(23-25)28-17-11-20-33(36-28)37(26-14-5-2-6-15-26)32-19-9-10-21-34-32;/h1-22,38H;/q-1;+2/p-1. The molecular weight excluding hydrogens is 680 g/mol. The quantitative estimate of drug-likeness (QED) is 0.130. The van der Waals surface area contributed by atoms with E-state index in [0.717, 1.165) is 44.6 Å². The van der Waals surface area contributed by atoms with Crippen LogP contribution in [0.15, 0.2) is 138 Å². The Balaban J connectivity index is 0.00000308. The van der Waals surface area contributed by atoms with E-state index in [-0.39, 0.29) is 21.1 Å². The number of hydrogen-bond acceptors (Lipinski definition) is 5. The first-order valence-corrected chi connectivity index (χ1v) is 12.7. The van der Waals surface area contributed by atoms with Crippen LogP contribution in [-0.4, -0.2) is 15.0 Å². The van der Waals surface area contributed by atoms with Crippen molar-refractivity contribution in [2.45, 2.75) is 4.90 Å². The normalized spacial score (nSPS) is 10.5. The summed E-state index contributed by atoms with van der Waals surface area (Å²) in [6.45, 7) is 0. The van der Waals surface area contributed by atoms with Gasteiger partial charge in [-0.1, -0.05) is 91.0 Å². The molecule has 0 bridgehead atoms. The second-order valence-electron chi connectivity index (χ2n) is 8.63. The second kappa shape index (κ2) is 12.1.